The number of piperazine rings is 1. The van der Waals surface area contributed by atoms with Crippen molar-refractivity contribution in [2.24, 2.45) is 0 Å². The molecule has 1 aliphatic heterocycles. The van der Waals surface area contributed by atoms with Gasteiger partial charge in [-0.15, -0.1) is 0 Å². The van der Waals surface area contributed by atoms with Crippen molar-refractivity contribution >= 4 is 22.8 Å². The van der Waals surface area contributed by atoms with Gasteiger partial charge in [-0.25, -0.2) is 4.79 Å². The summed E-state index contributed by atoms with van der Waals surface area (Å²) in [5.74, 6) is -0.00764. The molecule has 3 amide bonds. The second kappa shape index (κ2) is 6.09. The lowest BCUT2D eigenvalue weighted by Crippen LogP contribution is -2.53. The first-order chi connectivity index (χ1) is 10.7. The second-order valence-electron chi connectivity index (χ2n) is 5.38. The molecule has 0 spiro atoms. The Morgan fingerprint density at radius 3 is 2.50 bits per heavy atom. The molecular weight excluding hydrogens is 280 g/mol. The Balaban J connectivity index is 1.65. The number of amides is 3. The summed E-state index contributed by atoms with van der Waals surface area (Å²) in [5.41, 5.74) is 1.57. The molecule has 1 saturated heterocycles. The molecule has 0 aliphatic carbocycles. The number of aromatic nitrogens is 1. The third-order valence-electron chi connectivity index (χ3n) is 3.94. The molecule has 2 aromatic rings. The molecule has 6 nitrogen and oxygen atoms in total. The van der Waals surface area contributed by atoms with E-state index in [1.54, 1.807) is 9.80 Å². The van der Waals surface area contributed by atoms with Crippen molar-refractivity contribution in [3.05, 3.63) is 36.0 Å². The summed E-state index contributed by atoms with van der Waals surface area (Å²) in [7, 11) is 0. The van der Waals surface area contributed by atoms with Crippen LogP contribution in [0.2, 0.25) is 0 Å². The maximum atomic E-state index is 12.5. The largest absolute Gasteiger partial charge is 0.351 e. The van der Waals surface area contributed by atoms with E-state index in [4.69, 9.17) is 0 Å². The van der Waals surface area contributed by atoms with Crippen molar-refractivity contribution in [1.29, 1.82) is 0 Å². The Bertz CT molecular complexity index is 653. The van der Waals surface area contributed by atoms with Gasteiger partial charge < -0.3 is 20.1 Å². The Morgan fingerprint density at radius 2 is 1.82 bits per heavy atom. The van der Waals surface area contributed by atoms with Crippen molar-refractivity contribution in [3.63, 3.8) is 0 Å². The molecule has 0 radical (unpaired) electrons. The van der Waals surface area contributed by atoms with Gasteiger partial charge in [0.25, 0.3) is 5.91 Å². The fraction of sp³-hybridized carbons (Fsp3) is 0.375. The average Bonchev–Trinajstić information content (AvgIpc) is 2.98. The number of benzene rings is 1. The minimum atomic E-state index is -0.0554. The third kappa shape index (κ3) is 2.77. The van der Waals surface area contributed by atoms with Gasteiger partial charge in [-0.1, -0.05) is 18.2 Å². The molecule has 0 bridgehead atoms. The van der Waals surface area contributed by atoms with Gasteiger partial charge in [-0.2, -0.15) is 0 Å². The number of para-hydroxylation sites is 1. The molecule has 116 valence electrons. The molecule has 0 saturated carbocycles. The van der Waals surface area contributed by atoms with Crippen LogP contribution in [0.15, 0.2) is 30.3 Å². The first kappa shape index (κ1) is 14.4. The van der Waals surface area contributed by atoms with Crippen molar-refractivity contribution in [3.8, 4) is 0 Å². The highest BCUT2D eigenvalue weighted by Gasteiger charge is 2.25. The molecule has 6 heteroatoms. The number of aromatic amines is 1. The van der Waals surface area contributed by atoms with E-state index < -0.39 is 0 Å². The van der Waals surface area contributed by atoms with Crippen molar-refractivity contribution in [2.75, 3.05) is 32.7 Å². The van der Waals surface area contributed by atoms with E-state index in [2.05, 4.69) is 10.3 Å². The molecule has 3 rings (SSSR count). The number of hydrogen-bond acceptors (Lipinski definition) is 2. The maximum Gasteiger partial charge on any atom is 0.317 e. The van der Waals surface area contributed by atoms with E-state index in [0.29, 0.717) is 38.4 Å². The molecule has 1 aromatic carbocycles. The van der Waals surface area contributed by atoms with Crippen molar-refractivity contribution in [1.82, 2.24) is 20.1 Å². The number of carbonyl (C=O) groups excluding carboxylic acids is 2. The number of nitrogens with zero attached hydrogens (tertiary/aromatic N) is 2. The second-order valence-corrected chi connectivity index (χ2v) is 5.38. The molecule has 1 aliphatic rings. The van der Waals surface area contributed by atoms with Gasteiger partial charge in [-0.05, 0) is 19.1 Å². The zero-order valence-electron chi connectivity index (χ0n) is 12.6. The number of nitrogens with one attached hydrogen (secondary N) is 2. The lowest BCUT2D eigenvalue weighted by atomic mass is 10.2. The molecule has 0 atom stereocenters. The number of carbonyl (C=O) groups is 2. The van der Waals surface area contributed by atoms with E-state index >= 15 is 0 Å². The minimum Gasteiger partial charge on any atom is -0.351 e. The lowest BCUT2D eigenvalue weighted by molar-refractivity contribution is 0.0660. The molecule has 1 aromatic heterocycles. The number of H-pyrrole nitrogens is 1. The smallest absolute Gasteiger partial charge is 0.317 e. The summed E-state index contributed by atoms with van der Waals surface area (Å²) < 4.78 is 0. The summed E-state index contributed by atoms with van der Waals surface area (Å²) in [6.07, 6.45) is 0. The topological polar surface area (TPSA) is 68.4 Å². The first-order valence-corrected chi connectivity index (χ1v) is 7.59. The highest BCUT2D eigenvalue weighted by Crippen LogP contribution is 2.16. The van der Waals surface area contributed by atoms with Crippen molar-refractivity contribution < 1.29 is 9.59 Å². The summed E-state index contributed by atoms with van der Waals surface area (Å²) in [4.78, 5) is 31.0. The first-order valence-electron chi connectivity index (χ1n) is 7.59. The zero-order chi connectivity index (χ0) is 15.5. The highest BCUT2D eigenvalue weighted by molar-refractivity contribution is 5.98. The number of urea groups is 1. The van der Waals surface area contributed by atoms with E-state index in [-0.39, 0.29) is 11.9 Å². The molecule has 0 unspecified atom stereocenters. The normalized spacial score (nSPS) is 15.1. The number of hydrogen-bond donors (Lipinski definition) is 2. The van der Waals surface area contributed by atoms with Crippen LogP contribution in [0.25, 0.3) is 10.9 Å². The maximum absolute atomic E-state index is 12.5. The van der Waals surface area contributed by atoms with Gasteiger partial charge in [-0.3, -0.25) is 4.79 Å². The van der Waals surface area contributed by atoms with Gasteiger partial charge in [0.05, 0.1) is 0 Å². The summed E-state index contributed by atoms with van der Waals surface area (Å²) in [6.45, 7) is 4.77. The van der Waals surface area contributed by atoms with Crippen LogP contribution >= 0.6 is 0 Å². The Hall–Kier alpha value is -2.50. The fourth-order valence-electron chi connectivity index (χ4n) is 2.73. The van der Waals surface area contributed by atoms with Crippen LogP contribution in [0.1, 0.15) is 17.4 Å². The quantitative estimate of drug-likeness (QED) is 0.885. The molecule has 2 N–H and O–H groups in total. The molecule has 22 heavy (non-hydrogen) atoms. The van der Waals surface area contributed by atoms with E-state index in [9.17, 15) is 9.59 Å². The van der Waals surface area contributed by atoms with Crippen LogP contribution in [0.4, 0.5) is 4.79 Å². The van der Waals surface area contributed by atoms with Crippen LogP contribution in [0.3, 0.4) is 0 Å². The average molecular weight is 300 g/mol. The van der Waals surface area contributed by atoms with E-state index in [1.165, 1.54) is 0 Å². The van der Waals surface area contributed by atoms with Crippen LogP contribution in [0, 0.1) is 0 Å². The predicted octanol–water partition coefficient (Wildman–Crippen LogP) is 1.66. The lowest BCUT2D eigenvalue weighted by Gasteiger charge is -2.34. The third-order valence-corrected chi connectivity index (χ3v) is 3.94. The summed E-state index contributed by atoms with van der Waals surface area (Å²) in [5, 5.41) is 3.82. The Labute approximate surface area is 129 Å². The molecule has 1 fully saturated rings. The predicted molar refractivity (Wildman–Crippen MR) is 84.8 cm³/mol. The van der Waals surface area contributed by atoms with Crippen LogP contribution in [-0.4, -0.2) is 59.4 Å². The van der Waals surface area contributed by atoms with Gasteiger partial charge in [0.15, 0.2) is 0 Å². The monoisotopic (exact) mass is 300 g/mol. The molecular formula is C16H20N4O2. The van der Waals surface area contributed by atoms with Crippen molar-refractivity contribution in [2.45, 2.75) is 6.92 Å². The SMILES string of the molecule is CCNC(=O)N1CCN(C(=O)c2cc3ccccc3[nH]2)CC1. The zero-order valence-corrected chi connectivity index (χ0v) is 12.6. The van der Waals surface area contributed by atoms with E-state index in [1.807, 2.05) is 37.3 Å². The van der Waals surface area contributed by atoms with E-state index in [0.717, 1.165) is 10.9 Å². The van der Waals surface area contributed by atoms with Gasteiger partial charge in [0.2, 0.25) is 0 Å². The van der Waals surface area contributed by atoms with Gasteiger partial charge in [0.1, 0.15) is 5.69 Å². The number of fused-ring (bicyclic) bond motifs is 1. The fourth-order valence-corrected chi connectivity index (χ4v) is 2.73. The number of rotatable bonds is 2. The van der Waals surface area contributed by atoms with Gasteiger partial charge in [0, 0.05) is 43.6 Å². The summed E-state index contributed by atoms with van der Waals surface area (Å²) in [6, 6.07) is 9.66. The Morgan fingerprint density at radius 1 is 1.14 bits per heavy atom. The standard InChI is InChI=1S/C16H20N4O2/c1-2-17-16(22)20-9-7-19(8-10-20)15(21)14-11-12-5-3-4-6-13(12)18-14/h3-6,11,18H,2,7-10H2,1H3,(H,17,22). The van der Waals surface area contributed by atoms with Crippen LogP contribution in [0.5, 0.6) is 0 Å². The highest BCUT2D eigenvalue weighted by atomic mass is 16.2. The van der Waals surface area contributed by atoms with Crippen LogP contribution < -0.4 is 5.32 Å². The van der Waals surface area contributed by atoms with Gasteiger partial charge >= 0.3 is 6.03 Å². The minimum absolute atomic E-state index is 0.00764. The Kier molecular flexibility index (Phi) is 4.00. The summed E-state index contributed by atoms with van der Waals surface area (Å²) >= 11 is 0. The molecule has 2 heterocycles. The van der Waals surface area contributed by atoms with Crippen LogP contribution in [-0.2, 0) is 0 Å².